The number of hydrogen-bond acceptors (Lipinski definition) is 3. The van der Waals surface area contributed by atoms with Crippen LogP contribution in [0, 0.1) is 0 Å². The van der Waals surface area contributed by atoms with Gasteiger partial charge < -0.3 is 10.5 Å². The number of rotatable bonds is 2. The first-order valence-corrected chi connectivity index (χ1v) is 4.27. The van der Waals surface area contributed by atoms with Gasteiger partial charge in [-0.15, -0.1) is 0 Å². The Bertz CT molecular complexity index is 351. The zero-order chi connectivity index (χ0) is 10.6. The first-order valence-electron chi connectivity index (χ1n) is 4.27. The number of allylic oxidation sites excluding steroid dienone is 1. The van der Waals surface area contributed by atoms with Crippen LogP contribution in [-0.2, 0) is 9.53 Å². The van der Waals surface area contributed by atoms with Crippen LogP contribution in [0.1, 0.15) is 12.5 Å². The fourth-order valence-corrected chi connectivity index (χ4v) is 1.21. The van der Waals surface area contributed by atoms with Gasteiger partial charge in [0.15, 0.2) is 0 Å². The molecule has 0 saturated carbocycles. The smallest absolute Gasteiger partial charge is 0.340 e. The summed E-state index contributed by atoms with van der Waals surface area (Å²) in [6, 6.07) is 9.22. The van der Waals surface area contributed by atoms with Gasteiger partial charge in [-0.3, -0.25) is 0 Å². The Labute approximate surface area is 83.2 Å². The first-order chi connectivity index (χ1) is 6.66. The van der Waals surface area contributed by atoms with E-state index in [1.807, 2.05) is 30.3 Å². The van der Waals surface area contributed by atoms with Crippen molar-refractivity contribution in [2.75, 3.05) is 7.11 Å². The van der Waals surface area contributed by atoms with Crippen LogP contribution in [-0.4, -0.2) is 13.1 Å². The highest BCUT2D eigenvalue weighted by Gasteiger charge is 2.13. The van der Waals surface area contributed by atoms with Crippen LogP contribution in [0.5, 0.6) is 0 Å². The lowest BCUT2D eigenvalue weighted by atomic mass is 10.0. The number of methoxy groups -OCH3 is 1. The molecule has 1 aromatic carbocycles. The Morgan fingerprint density at radius 2 is 1.86 bits per heavy atom. The monoisotopic (exact) mass is 191 g/mol. The molecule has 0 spiro atoms. The molecule has 0 unspecified atom stereocenters. The lowest BCUT2D eigenvalue weighted by Gasteiger charge is -2.06. The van der Waals surface area contributed by atoms with Gasteiger partial charge in [-0.2, -0.15) is 0 Å². The van der Waals surface area contributed by atoms with Crippen molar-refractivity contribution in [1.29, 1.82) is 0 Å². The number of carbonyl (C=O) groups is 1. The van der Waals surface area contributed by atoms with E-state index in [-0.39, 0.29) is 0 Å². The molecule has 0 aliphatic carbocycles. The molecule has 0 saturated heterocycles. The second kappa shape index (κ2) is 4.46. The van der Waals surface area contributed by atoms with E-state index in [9.17, 15) is 4.79 Å². The summed E-state index contributed by atoms with van der Waals surface area (Å²) in [7, 11) is 1.34. The van der Waals surface area contributed by atoms with Crippen LogP contribution in [0.3, 0.4) is 0 Å². The van der Waals surface area contributed by atoms with Crippen molar-refractivity contribution in [2.24, 2.45) is 5.73 Å². The van der Waals surface area contributed by atoms with Gasteiger partial charge >= 0.3 is 5.97 Å². The normalized spacial score (nSPS) is 11.9. The van der Waals surface area contributed by atoms with Crippen LogP contribution in [0.4, 0.5) is 0 Å². The van der Waals surface area contributed by atoms with Gasteiger partial charge in [0.1, 0.15) is 0 Å². The first kappa shape index (κ1) is 10.3. The number of esters is 1. The van der Waals surface area contributed by atoms with E-state index in [0.29, 0.717) is 11.3 Å². The van der Waals surface area contributed by atoms with Crippen molar-refractivity contribution < 1.29 is 9.53 Å². The Balaban J connectivity index is 3.16. The van der Waals surface area contributed by atoms with Crippen molar-refractivity contribution in [3.8, 4) is 0 Å². The SMILES string of the molecule is COC(=O)/C(=C(/C)N)c1ccccc1. The molecule has 0 heterocycles. The predicted molar refractivity (Wildman–Crippen MR) is 55.2 cm³/mol. The topological polar surface area (TPSA) is 52.3 Å². The van der Waals surface area contributed by atoms with Crippen molar-refractivity contribution in [3.63, 3.8) is 0 Å². The van der Waals surface area contributed by atoms with Crippen molar-refractivity contribution >= 4 is 11.5 Å². The maximum Gasteiger partial charge on any atom is 0.340 e. The summed E-state index contributed by atoms with van der Waals surface area (Å²) in [6.45, 7) is 1.68. The van der Waals surface area contributed by atoms with E-state index >= 15 is 0 Å². The van der Waals surface area contributed by atoms with Gasteiger partial charge in [-0.25, -0.2) is 4.79 Å². The number of benzene rings is 1. The number of carbonyl (C=O) groups excluding carboxylic acids is 1. The molecular formula is C11H13NO2. The van der Waals surface area contributed by atoms with E-state index in [1.165, 1.54) is 7.11 Å². The average Bonchev–Trinajstić information content (AvgIpc) is 2.19. The van der Waals surface area contributed by atoms with Gasteiger partial charge in [-0.1, -0.05) is 30.3 Å². The highest BCUT2D eigenvalue weighted by molar-refractivity contribution is 6.17. The van der Waals surface area contributed by atoms with E-state index in [0.717, 1.165) is 5.56 Å². The third-order valence-electron chi connectivity index (χ3n) is 1.85. The molecule has 0 aromatic heterocycles. The molecule has 1 rings (SSSR count). The molecule has 0 amide bonds. The van der Waals surface area contributed by atoms with Gasteiger partial charge in [0, 0.05) is 5.70 Å². The Morgan fingerprint density at radius 3 is 2.29 bits per heavy atom. The molecular weight excluding hydrogens is 178 g/mol. The molecule has 0 bridgehead atoms. The number of nitrogens with two attached hydrogens (primary N) is 1. The highest BCUT2D eigenvalue weighted by atomic mass is 16.5. The fourth-order valence-electron chi connectivity index (χ4n) is 1.21. The molecule has 0 radical (unpaired) electrons. The minimum atomic E-state index is -0.406. The maximum atomic E-state index is 11.4. The highest BCUT2D eigenvalue weighted by Crippen LogP contribution is 2.17. The number of ether oxygens (including phenoxy) is 1. The maximum absolute atomic E-state index is 11.4. The summed E-state index contributed by atoms with van der Waals surface area (Å²) in [5.41, 5.74) is 7.29. The van der Waals surface area contributed by atoms with Crippen LogP contribution in [0.2, 0.25) is 0 Å². The van der Waals surface area contributed by atoms with Crippen LogP contribution in [0.25, 0.3) is 5.57 Å². The number of hydrogen-bond donors (Lipinski definition) is 1. The summed E-state index contributed by atoms with van der Waals surface area (Å²) < 4.78 is 4.65. The molecule has 14 heavy (non-hydrogen) atoms. The van der Waals surface area contributed by atoms with Gasteiger partial charge in [0.2, 0.25) is 0 Å². The van der Waals surface area contributed by atoms with Crippen molar-refractivity contribution in [2.45, 2.75) is 6.92 Å². The van der Waals surface area contributed by atoms with E-state index in [2.05, 4.69) is 4.74 Å². The zero-order valence-electron chi connectivity index (χ0n) is 8.28. The van der Waals surface area contributed by atoms with Crippen LogP contribution >= 0.6 is 0 Å². The lowest BCUT2D eigenvalue weighted by Crippen LogP contribution is -2.09. The molecule has 3 nitrogen and oxygen atoms in total. The second-order valence-electron chi connectivity index (χ2n) is 2.92. The summed E-state index contributed by atoms with van der Waals surface area (Å²) in [4.78, 5) is 11.4. The van der Waals surface area contributed by atoms with Gasteiger partial charge in [0.05, 0.1) is 12.7 Å². The van der Waals surface area contributed by atoms with Gasteiger partial charge in [-0.05, 0) is 12.5 Å². The molecule has 0 atom stereocenters. The lowest BCUT2D eigenvalue weighted by molar-refractivity contribution is -0.133. The predicted octanol–water partition coefficient (Wildman–Crippen LogP) is 1.55. The zero-order valence-corrected chi connectivity index (χ0v) is 8.28. The van der Waals surface area contributed by atoms with Gasteiger partial charge in [0.25, 0.3) is 0 Å². The quantitative estimate of drug-likeness (QED) is 0.570. The molecule has 74 valence electrons. The van der Waals surface area contributed by atoms with E-state index < -0.39 is 5.97 Å². The standard InChI is InChI=1S/C11H13NO2/c1-8(12)10(11(13)14-2)9-6-4-3-5-7-9/h3-7H,12H2,1-2H3/b10-8-. The Morgan fingerprint density at radius 1 is 1.29 bits per heavy atom. The van der Waals surface area contributed by atoms with E-state index in [4.69, 9.17) is 5.73 Å². The van der Waals surface area contributed by atoms with Crippen molar-refractivity contribution in [1.82, 2.24) is 0 Å². The third-order valence-corrected chi connectivity index (χ3v) is 1.85. The molecule has 0 fully saturated rings. The summed E-state index contributed by atoms with van der Waals surface area (Å²) in [5.74, 6) is -0.406. The minimum absolute atomic E-state index is 0.406. The Hall–Kier alpha value is -1.77. The minimum Gasteiger partial charge on any atom is -0.465 e. The molecule has 0 aliphatic rings. The average molecular weight is 191 g/mol. The summed E-state index contributed by atoms with van der Waals surface area (Å²) in [5, 5.41) is 0. The molecule has 2 N–H and O–H groups in total. The Kier molecular flexibility index (Phi) is 3.29. The molecule has 3 heteroatoms. The second-order valence-corrected chi connectivity index (χ2v) is 2.92. The molecule has 1 aromatic rings. The van der Waals surface area contributed by atoms with E-state index in [1.54, 1.807) is 6.92 Å². The fraction of sp³-hybridized carbons (Fsp3) is 0.182. The van der Waals surface area contributed by atoms with Crippen LogP contribution in [0.15, 0.2) is 36.0 Å². The third kappa shape index (κ3) is 2.13. The summed E-state index contributed by atoms with van der Waals surface area (Å²) >= 11 is 0. The summed E-state index contributed by atoms with van der Waals surface area (Å²) in [6.07, 6.45) is 0. The molecule has 0 aliphatic heterocycles. The largest absolute Gasteiger partial charge is 0.465 e. The van der Waals surface area contributed by atoms with Crippen LogP contribution < -0.4 is 5.73 Å². The van der Waals surface area contributed by atoms with Crippen molar-refractivity contribution in [3.05, 3.63) is 41.6 Å².